The lowest BCUT2D eigenvalue weighted by atomic mass is 9.93. The maximum absolute atomic E-state index is 12.5. The van der Waals surface area contributed by atoms with Crippen molar-refractivity contribution in [3.05, 3.63) is 0 Å². The van der Waals surface area contributed by atoms with E-state index in [1.54, 1.807) is 0 Å². The molecule has 2 heterocycles. The van der Waals surface area contributed by atoms with Gasteiger partial charge in [-0.2, -0.15) is 8.39 Å². The summed E-state index contributed by atoms with van der Waals surface area (Å²) in [5.41, 5.74) is -0.518. The maximum atomic E-state index is 12.5. The van der Waals surface area contributed by atoms with Gasteiger partial charge >= 0.3 is 17.4 Å². The van der Waals surface area contributed by atoms with E-state index < -0.39 is 22.8 Å². The largest absolute Gasteiger partial charge is 0.374 e. The van der Waals surface area contributed by atoms with E-state index >= 15 is 0 Å². The highest BCUT2D eigenvalue weighted by molar-refractivity contribution is 7.41. The molecule has 1 spiro atoms. The number of hydrogen-bond acceptors (Lipinski definition) is 4. The first-order valence-corrected chi connectivity index (χ1v) is 5.77. The molecule has 0 aromatic heterocycles. The van der Waals surface area contributed by atoms with E-state index in [9.17, 15) is 8.39 Å². The Morgan fingerprint density at radius 3 is 1.38 bits per heavy atom. The fourth-order valence-electron chi connectivity index (χ4n) is 1.08. The zero-order valence-corrected chi connectivity index (χ0v) is 8.40. The molecule has 2 rings (SSSR count). The van der Waals surface area contributed by atoms with Crippen molar-refractivity contribution in [2.45, 2.75) is 0 Å². The number of rotatable bonds is 0. The monoisotopic (exact) mass is 232 g/mol. The fraction of sp³-hybridized carbons (Fsp3) is 1.00. The highest BCUT2D eigenvalue weighted by atomic mass is 31.2. The van der Waals surface area contributed by atoms with E-state index in [1.807, 2.05) is 0 Å². The van der Waals surface area contributed by atoms with Crippen LogP contribution in [0.4, 0.5) is 8.39 Å². The lowest BCUT2D eigenvalue weighted by Crippen LogP contribution is -2.44. The van der Waals surface area contributed by atoms with E-state index in [0.29, 0.717) is 0 Å². The Kier molecular flexibility index (Phi) is 3.08. The van der Waals surface area contributed by atoms with Crippen LogP contribution in [0.15, 0.2) is 0 Å². The van der Waals surface area contributed by atoms with Crippen molar-refractivity contribution in [1.29, 1.82) is 0 Å². The minimum Gasteiger partial charge on any atom is -0.308 e. The summed E-state index contributed by atoms with van der Waals surface area (Å²) >= 11 is 0. The standard InChI is InChI=1S/C5H8F2O4P2/c6-12-8-1-5(2-9-12)3-10-13(7)11-4-5/h1-4H2. The molecule has 0 bridgehead atoms. The zero-order valence-electron chi connectivity index (χ0n) is 6.61. The topological polar surface area (TPSA) is 36.9 Å². The molecule has 0 aromatic rings. The van der Waals surface area contributed by atoms with Gasteiger partial charge in [0, 0.05) is 0 Å². The Morgan fingerprint density at radius 1 is 0.769 bits per heavy atom. The molecule has 0 aliphatic carbocycles. The molecule has 13 heavy (non-hydrogen) atoms. The molecule has 0 aromatic carbocycles. The van der Waals surface area contributed by atoms with Crippen LogP contribution in [0.2, 0.25) is 0 Å². The summed E-state index contributed by atoms with van der Waals surface area (Å²) in [7, 11) is -4.51. The van der Waals surface area contributed by atoms with Crippen LogP contribution < -0.4 is 0 Å². The number of hydrogen-bond donors (Lipinski definition) is 0. The predicted molar refractivity (Wildman–Crippen MR) is 42.3 cm³/mol. The van der Waals surface area contributed by atoms with Gasteiger partial charge in [-0.1, -0.05) is 0 Å². The lowest BCUT2D eigenvalue weighted by Gasteiger charge is -2.39. The first kappa shape index (κ1) is 10.1. The molecular weight excluding hydrogens is 224 g/mol. The van der Waals surface area contributed by atoms with Gasteiger partial charge in [-0.05, 0) is 0 Å². The Labute approximate surface area is 76.6 Å². The van der Waals surface area contributed by atoms with Gasteiger partial charge in [0.1, 0.15) is 0 Å². The van der Waals surface area contributed by atoms with Gasteiger partial charge in [-0.25, -0.2) is 0 Å². The van der Waals surface area contributed by atoms with Crippen molar-refractivity contribution in [3.63, 3.8) is 0 Å². The zero-order chi connectivity index (χ0) is 9.31. The molecule has 2 fully saturated rings. The molecule has 8 heteroatoms. The summed E-state index contributed by atoms with van der Waals surface area (Å²) in [5.74, 6) is 0. The van der Waals surface area contributed by atoms with E-state index in [1.165, 1.54) is 0 Å². The van der Waals surface area contributed by atoms with Crippen LogP contribution in [0, 0.1) is 5.41 Å². The van der Waals surface area contributed by atoms with Crippen molar-refractivity contribution >= 4 is 17.4 Å². The Hall–Kier alpha value is 0.560. The molecular formula is C5H8F2O4P2. The maximum Gasteiger partial charge on any atom is 0.374 e. The molecule has 0 N–H and O–H groups in total. The lowest BCUT2D eigenvalue weighted by molar-refractivity contribution is -0.0626. The third-order valence-corrected chi connectivity index (χ3v) is 3.22. The SMILES string of the molecule is FP1OCC2(CO1)COP(F)OC2. The van der Waals surface area contributed by atoms with Gasteiger partial charge in [0.05, 0.1) is 31.8 Å². The highest BCUT2D eigenvalue weighted by Gasteiger charge is 2.43. The third-order valence-electron chi connectivity index (χ3n) is 1.89. The van der Waals surface area contributed by atoms with E-state index in [0.717, 1.165) is 0 Å². The van der Waals surface area contributed by atoms with Crippen molar-refractivity contribution < 1.29 is 26.5 Å². The van der Waals surface area contributed by atoms with Gasteiger partial charge in [-0.15, -0.1) is 0 Å². The Morgan fingerprint density at radius 2 is 1.08 bits per heavy atom. The van der Waals surface area contributed by atoms with Crippen molar-refractivity contribution in [3.8, 4) is 0 Å². The van der Waals surface area contributed by atoms with Crippen LogP contribution in [0.25, 0.3) is 0 Å². The van der Waals surface area contributed by atoms with Gasteiger partial charge < -0.3 is 18.1 Å². The molecule has 76 valence electrons. The molecule has 0 radical (unpaired) electrons. The average molecular weight is 232 g/mol. The Bertz CT molecular complexity index is 156. The summed E-state index contributed by atoms with van der Waals surface area (Å²) in [5, 5.41) is 0. The normalized spacial score (nSPS) is 46.6. The van der Waals surface area contributed by atoms with Gasteiger partial charge in [0.2, 0.25) is 0 Å². The Balaban J connectivity index is 1.90. The van der Waals surface area contributed by atoms with Crippen molar-refractivity contribution in [2.24, 2.45) is 5.41 Å². The predicted octanol–water partition coefficient (Wildman–Crippen LogP) is 2.46. The fourth-order valence-corrected chi connectivity index (χ4v) is 2.73. The van der Waals surface area contributed by atoms with Crippen LogP contribution in [-0.2, 0) is 18.1 Å². The second kappa shape index (κ2) is 3.97. The summed E-state index contributed by atoms with van der Waals surface area (Å²) in [6.45, 7) is 0.660. The second-order valence-corrected chi connectivity index (χ2v) is 4.90. The smallest absolute Gasteiger partial charge is 0.308 e. The first-order chi connectivity index (χ1) is 6.20. The molecule has 2 saturated heterocycles. The summed E-state index contributed by atoms with van der Waals surface area (Å²) < 4.78 is 43.8. The average Bonchev–Trinajstić information content (AvgIpc) is 2.16. The van der Waals surface area contributed by atoms with E-state index in [2.05, 4.69) is 0 Å². The molecule has 4 nitrogen and oxygen atoms in total. The van der Waals surface area contributed by atoms with E-state index in [4.69, 9.17) is 18.1 Å². The quantitative estimate of drug-likeness (QED) is 0.601. The minimum atomic E-state index is -2.25. The summed E-state index contributed by atoms with van der Waals surface area (Å²) in [6.07, 6.45) is 0. The van der Waals surface area contributed by atoms with Crippen LogP contribution >= 0.6 is 17.4 Å². The van der Waals surface area contributed by atoms with Crippen molar-refractivity contribution in [2.75, 3.05) is 26.4 Å². The summed E-state index contributed by atoms with van der Waals surface area (Å²) in [6, 6.07) is 0. The summed E-state index contributed by atoms with van der Waals surface area (Å²) in [4.78, 5) is 0. The third kappa shape index (κ3) is 2.32. The van der Waals surface area contributed by atoms with Gasteiger partial charge in [0.25, 0.3) is 0 Å². The minimum absolute atomic E-state index is 0.165. The molecule has 0 saturated carbocycles. The van der Waals surface area contributed by atoms with Crippen LogP contribution in [0.5, 0.6) is 0 Å². The van der Waals surface area contributed by atoms with Crippen molar-refractivity contribution in [1.82, 2.24) is 0 Å². The second-order valence-electron chi connectivity index (χ2n) is 3.02. The molecule has 0 unspecified atom stereocenters. The van der Waals surface area contributed by atoms with Crippen LogP contribution in [-0.4, -0.2) is 26.4 Å². The number of halogens is 2. The molecule has 0 atom stereocenters. The van der Waals surface area contributed by atoms with E-state index in [-0.39, 0.29) is 26.4 Å². The molecule has 2 aliphatic rings. The van der Waals surface area contributed by atoms with Crippen LogP contribution in [0.3, 0.4) is 0 Å². The molecule has 2 aliphatic heterocycles. The molecule has 0 amide bonds. The highest BCUT2D eigenvalue weighted by Crippen LogP contribution is 2.52. The first-order valence-electron chi connectivity index (χ1n) is 3.64. The van der Waals surface area contributed by atoms with Gasteiger partial charge in [0.15, 0.2) is 0 Å². The van der Waals surface area contributed by atoms with Crippen LogP contribution in [0.1, 0.15) is 0 Å². The van der Waals surface area contributed by atoms with Gasteiger partial charge in [-0.3, -0.25) is 0 Å².